The first-order valence-electron chi connectivity index (χ1n) is 6.94. The molecule has 0 radical (unpaired) electrons. The topological polar surface area (TPSA) is 65.4 Å². The van der Waals surface area contributed by atoms with Crippen LogP contribution in [-0.2, 0) is 9.53 Å². The summed E-state index contributed by atoms with van der Waals surface area (Å²) in [5.41, 5.74) is -0.316. The maximum atomic E-state index is 12.8. The average molecular weight is 267 g/mol. The Bertz CT molecular complexity index is 330. The molecule has 5 heteroatoms. The molecule has 0 spiro atoms. The van der Waals surface area contributed by atoms with Crippen LogP contribution in [0.4, 0.5) is 0 Å². The van der Waals surface area contributed by atoms with E-state index in [9.17, 15) is 4.79 Å². The van der Waals surface area contributed by atoms with Crippen molar-refractivity contribution >= 4 is 5.91 Å². The highest BCUT2D eigenvalue weighted by atomic mass is 16.5. The molecule has 1 saturated heterocycles. The third kappa shape index (κ3) is 3.68. The minimum atomic E-state index is -0.316. The molecule has 1 N–H and O–H groups in total. The molecule has 0 aliphatic carbocycles. The third-order valence-corrected chi connectivity index (χ3v) is 4.07. The van der Waals surface area contributed by atoms with E-state index in [1.54, 1.807) is 12.0 Å². The number of nitrogens with zero attached hydrogens (tertiary/aromatic N) is 2. The second kappa shape index (κ2) is 7.46. The molecular weight excluding hydrogens is 242 g/mol. The Labute approximate surface area is 115 Å². The highest BCUT2D eigenvalue weighted by Gasteiger charge is 2.45. The highest BCUT2D eigenvalue weighted by Crippen LogP contribution is 2.36. The maximum Gasteiger partial charge on any atom is 0.230 e. The summed E-state index contributed by atoms with van der Waals surface area (Å²) < 4.78 is 5.07. The van der Waals surface area contributed by atoms with Crippen LogP contribution in [0, 0.1) is 22.7 Å². The first kappa shape index (κ1) is 15.9. The van der Waals surface area contributed by atoms with Crippen LogP contribution in [0.3, 0.4) is 0 Å². The van der Waals surface area contributed by atoms with E-state index in [1.807, 2.05) is 0 Å². The van der Waals surface area contributed by atoms with E-state index < -0.39 is 0 Å². The monoisotopic (exact) mass is 267 g/mol. The SMILES string of the molecule is COCCN(CCC#N)C(=O)C1(C(C)C)CCNC1. The summed E-state index contributed by atoms with van der Waals surface area (Å²) in [6.07, 6.45) is 1.25. The van der Waals surface area contributed by atoms with Crippen molar-refractivity contribution in [3.63, 3.8) is 0 Å². The maximum absolute atomic E-state index is 12.8. The van der Waals surface area contributed by atoms with E-state index in [-0.39, 0.29) is 11.3 Å². The lowest BCUT2D eigenvalue weighted by atomic mass is 9.75. The predicted octanol–water partition coefficient (Wildman–Crippen LogP) is 1.01. The molecular formula is C14H25N3O2. The zero-order chi connectivity index (χ0) is 14.3. The molecule has 0 bridgehead atoms. The first-order chi connectivity index (χ1) is 9.08. The minimum absolute atomic E-state index is 0.166. The molecule has 1 aliphatic heterocycles. The summed E-state index contributed by atoms with van der Waals surface area (Å²) in [7, 11) is 1.63. The van der Waals surface area contributed by atoms with Crippen LogP contribution in [0.2, 0.25) is 0 Å². The van der Waals surface area contributed by atoms with Crippen LogP contribution in [0.25, 0.3) is 0 Å². The molecule has 1 aliphatic rings. The van der Waals surface area contributed by atoms with Gasteiger partial charge in [-0.05, 0) is 18.9 Å². The van der Waals surface area contributed by atoms with E-state index in [4.69, 9.17) is 10.00 Å². The molecule has 108 valence electrons. The van der Waals surface area contributed by atoms with Gasteiger partial charge in [0.25, 0.3) is 0 Å². The molecule has 5 nitrogen and oxygen atoms in total. The molecule has 1 heterocycles. The Balaban J connectivity index is 2.80. The highest BCUT2D eigenvalue weighted by molar-refractivity contribution is 5.83. The Hall–Kier alpha value is -1.12. The molecule has 1 rings (SSSR count). The number of amides is 1. The van der Waals surface area contributed by atoms with E-state index in [0.29, 0.717) is 32.0 Å². The summed E-state index contributed by atoms with van der Waals surface area (Å²) >= 11 is 0. The predicted molar refractivity (Wildman–Crippen MR) is 73.4 cm³/mol. The van der Waals surface area contributed by atoms with Gasteiger partial charge in [-0.25, -0.2) is 0 Å². The van der Waals surface area contributed by atoms with Gasteiger partial charge in [0.15, 0.2) is 0 Å². The third-order valence-electron chi connectivity index (χ3n) is 4.07. The van der Waals surface area contributed by atoms with Crippen LogP contribution in [0.5, 0.6) is 0 Å². The average Bonchev–Trinajstić information content (AvgIpc) is 2.89. The second-order valence-corrected chi connectivity index (χ2v) is 5.43. The fourth-order valence-electron chi connectivity index (χ4n) is 2.65. The van der Waals surface area contributed by atoms with E-state index in [1.165, 1.54) is 0 Å². The Morgan fingerprint density at radius 1 is 1.53 bits per heavy atom. The Morgan fingerprint density at radius 3 is 2.74 bits per heavy atom. The molecule has 0 aromatic rings. The van der Waals surface area contributed by atoms with Crippen LogP contribution in [0.15, 0.2) is 0 Å². The molecule has 1 amide bonds. The minimum Gasteiger partial charge on any atom is -0.383 e. The fraction of sp³-hybridized carbons (Fsp3) is 0.857. The molecule has 19 heavy (non-hydrogen) atoms. The quantitative estimate of drug-likeness (QED) is 0.747. The van der Waals surface area contributed by atoms with Crippen molar-refractivity contribution in [2.75, 3.05) is 39.9 Å². The van der Waals surface area contributed by atoms with Crippen molar-refractivity contribution in [3.05, 3.63) is 0 Å². The van der Waals surface area contributed by atoms with Crippen LogP contribution >= 0.6 is 0 Å². The molecule has 1 unspecified atom stereocenters. The van der Waals surface area contributed by atoms with Crippen molar-refractivity contribution in [2.45, 2.75) is 26.7 Å². The van der Waals surface area contributed by atoms with Crippen molar-refractivity contribution in [3.8, 4) is 6.07 Å². The number of rotatable bonds is 7. The zero-order valence-corrected chi connectivity index (χ0v) is 12.2. The van der Waals surface area contributed by atoms with Gasteiger partial charge in [-0.15, -0.1) is 0 Å². The number of methoxy groups -OCH3 is 1. The fourth-order valence-corrected chi connectivity index (χ4v) is 2.65. The largest absolute Gasteiger partial charge is 0.383 e. The first-order valence-corrected chi connectivity index (χ1v) is 6.94. The molecule has 0 aromatic carbocycles. The normalized spacial score (nSPS) is 22.5. The number of carbonyl (C=O) groups is 1. The second-order valence-electron chi connectivity index (χ2n) is 5.43. The van der Waals surface area contributed by atoms with E-state index in [0.717, 1.165) is 19.5 Å². The van der Waals surface area contributed by atoms with Gasteiger partial charge in [-0.3, -0.25) is 4.79 Å². The zero-order valence-electron chi connectivity index (χ0n) is 12.2. The van der Waals surface area contributed by atoms with Gasteiger partial charge < -0.3 is 15.0 Å². The van der Waals surface area contributed by atoms with Gasteiger partial charge in [0, 0.05) is 26.7 Å². The number of ether oxygens (including phenoxy) is 1. The number of carbonyl (C=O) groups excluding carboxylic acids is 1. The van der Waals surface area contributed by atoms with Crippen molar-refractivity contribution in [1.82, 2.24) is 10.2 Å². The summed E-state index contributed by atoms with van der Waals surface area (Å²) in [5.74, 6) is 0.460. The standard InChI is InChI=1S/C14H25N3O2/c1-12(2)14(5-7-16-11-14)13(18)17(8-4-6-15)9-10-19-3/h12,16H,4-5,7-11H2,1-3H3. The van der Waals surface area contributed by atoms with Crippen molar-refractivity contribution in [2.24, 2.45) is 11.3 Å². The number of hydrogen-bond donors (Lipinski definition) is 1. The molecule has 1 fully saturated rings. The van der Waals surface area contributed by atoms with Crippen LogP contribution in [-0.4, -0.2) is 50.7 Å². The van der Waals surface area contributed by atoms with E-state index >= 15 is 0 Å². The Morgan fingerprint density at radius 2 is 2.26 bits per heavy atom. The summed E-state index contributed by atoms with van der Waals surface area (Å²) in [6, 6.07) is 2.11. The number of nitriles is 1. The van der Waals surface area contributed by atoms with Gasteiger partial charge in [0.05, 0.1) is 24.5 Å². The van der Waals surface area contributed by atoms with Gasteiger partial charge in [0.1, 0.15) is 0 Å². The van der Waals surface area contributed by atoms with Crippen molar-refractivity contribution in [1.29, 1.82) is 5.26 Å². The molecule has 1 atom stereocenters. The summed E-state index contributed by atoms with van der Waals surface area (Å²) in [6.45, 7) is 7.39. The summed E-state index contributed by atoms with van der Waals surface area (Å²) in [4.78, 5) is 14.6. The number of hydrogen-bond acceptors (Lipinski definition) is 4. The molecule has 0 saturated carbocycles. The van der Waals surface area contributed by atoms with Gasteiger partial charge in [0.2, 0.25) is 5.91 Å². The van der Waals surface area contributed by atoms with Crippen LogP contribution in [0.1, 0.15) is 26.7 Å². The molecule has 0 aromatic heterocycles. The lowest BCUT2D eigenvalue weighted by Gasteiger charge is -2.36. The van der Waals surface area contributed by atoms with E-state index in [2.05, 4.69) is 25.2 Å². The lowest BCUT2D eigenvalue weighted by Crippen LogP contribution is -2.49. The van der Waals surface area contributed by atoms with Gasteiger partial charge in [-0.1, -0.05) is 13.8 Å². The number of nitrogens with one attached hydrogen (secondary N) is 1. The van der Waals surface area contributed by atoms with Crippen molar-refractivity contribution < 1.29 is 9.53 Å². The van der Waals surface area contributed by atoms with Gasteiger partial charge >= 0.3 is 0 Å². The van der Waals surface area contributed by atoms with Crippen LogP contribution < -0.4 is 5.32 Å². The van der Waals surface area contributed by atoms with Gasteiger partial charge in [-0.2, -0.15) is 5.26 Å². The lowest BCUT2D eigenvalue weighted by molar-refractivity contribution is -0.144. The summed E-state index contributed by atoms with van der Waals surface area (Å²) in [5, 5.41) is 12.0. The Kier molecular flexibility index (Phi) is 6.26. The smallest absolute Gasteiger partial charge is 0.230 e.